The first-order valence-corrected chi connectivity index (χ1v) is 9.63. The molecule has 3 rings (SSSR count). The molecular weight excluding hydrogens is 339 g/mol. The number of benzene rings is 1. The number of likely N-dealkylation sites (tertiary alicyclic amines) is 1. The summed E-state index contributed by atoms with van der Waals surface area (Å²) in [6.45, 7) is 2.65. The van der Waals surface area contributed by atoms with Gasteiger partial charge in [-0.15, -0.1) is 11.8 Å². The molecule has 0 saturated carbocycles. The summed E-state index contributed by atoms with van der Waals surface area (Å²) in [5.74, 6) is 1.37. The fourth-order valence-corrected chi connectivity index (χ4v) is 3.89. The van der Waals surface area contributed by atoms with Crippen LogP contribution in [0, 0.1) is 5.82 Å². The molecule has 0 unspecified atom stereocenters. The molecule has 4 nitrogen and oxygen atoms in total. The molecule has 1 atom stereocenters. The highest BCUT2D eigenvalue weighted by molar-refractivity contribution is 7.99. The highest BCUT2D eigenvalue weighted by Gasteiger charge is 2.25. The first-order chi connectivity index (χ1) is 12.2. The van der Waals surface area contributed by atoms with E-state index in [-0.39, 0.29) is 17.8 Å². The summed E-state index contributed by atoms with van der Waals surface area (Å²) in [4.78, 5) is 15.5. The van der Waals surface area contributed by atoms with E-state index in [1.807, 2.05) is 12.1 Å². The van der Waals surface area contributed by atoms with Crippen molar-refractivity contribution in [2.75, 3.05) is 25.4 Å². The molecule has 0 bridgehead atoms. The van der Waals surface area contributed by atoms with Gasteiger partial charge in [0.25, 0.3) is 0 Å². The lowest BCUT2D eigenvalue weighted by molar-refractivity contribution is -0.120. The third-order valence-electron chi connectivity index (χ3n) is 4.36. The van der Waals surface area contributed by atoms with Gasteiger partial charge in [-0.25, -0.2) is 4.39 Å². The Bertz CT molecular complexity index is 655. The van der Waals surface area contributed by atoms with Crippen LogP contribution in [0.3, 0.4) is 0 Å². The van der Waals surface area contributed by atoms with E-state index in [4.69, 9.17) is 4.42 Å². The molecular formula is C19H23FN2O2S. The average Bonchev–Trinajstić information content (AvgIpc) is 3.31. The Balaban J connectivity index is 1.44. The van der Waals surface area contributed by atoms with E-state index in [0.29, 0.717) is 18.7 Å². The van der Waals surface area contributed by atoms with Gasteiger partial charge >= 0.3 is 0 Å². The average molecular weight is 362 g/mol. The van der Waals surface area contributed by atoms with Gasteiger partial charge in [-0.3, -0.25) is 9.69 Å². The number of carbonyl (C=O) groups excluding carboxylic acids is 1. The Labute approximate surface area is 151 Å². The third-order valence-corrected chi connectivity index (χ3v) is 5.37. The number of rotatable bonds is 8. The zero-order chi connectivity index (χ0) is 17.5. The lowest BCUT2D eigenvalue weighted by atomic mass is 10.2. The second-order valence-corrected chi connectivity index (χ2v) is 7.30. The van der Waals surface area contributed by atoms with Gasteiger partial charge in [0.2, 0.25) is 5.91 Å². The van der Waals surface area contributed by atoms with Crippen LogP contribution < -0.4 is 5.32 Å². The van der Waals surface area contributed by atoms with Crippen molar-refractivity contribution >= 4 is 17.7 Å². The third kappa shape index (κ3) is 5.34. The molecule has 1 aromatic carbocycles. The molecule has 0 spiro atoms. The van der Waals surface area contributed by atoms with Crippen LogP contribution in [-0.4, -0.2) is 36.2 Å². The molecule has 1 N–H and O–H groups in total. The lowest BCUT2D eigenvalue weighted by Crippen LogP contribution is -2.36. The Hall–Kier alpha value is -1.79. The second-order valence-electron chi connectivity index (χ2n) is 6.13. The van der Waals surface area contributed by atoms with E-state index in [9.17, 15) is 9.18 Å². The maximum absolute atomic E-state index is 12.9. The smallest absolute Gasteiger partial charge is 0.220 e. The van der Waals surface area contributed by atoms with Crippen molar-refractivity contribution in [2.45, 2.75) is 30.2 Å². The van der Waals surface area contributed by atoms with Crippen LogP contribution in [0.2, 0.25) is 0 Å². The van der Waals surface area contributed by atoms with E-state index >= 15 is 0 Å². The Kier molecular flexibility index (Phi) is 6.53. The van der Waals surface area contributed by atoms with E-state index < -0.39 is 0 Å². The van der Waals surface area contributed by atoms with Gasteiger partial charge in [0.15, 0.2) is 0 Å². The highest BCUT2D eigenvalue weighted by atomic mass is 32.2. The molecule has 2 heterocycles. The van der Waals surface area contributed by atoms with Crippen LogP contribution >= 0.6 is 11.8 Å². The minimum Gasteiger partial charge on any atom is -0.468 e. The molecule has 1 aliphatic rings. The SMILES string of the molecule is O=C(CCSc1ccc(F)cc1)NC[C@@H](c1ccco1)N1CCCC1. The van der Waals surface area contributed by atoms with Gasteiger partial charge in [-0.1, -0.05) is 0 Å². The number of hydrogen-bond donors (Lipinski definition) is 1. The molecule has 6 heteroatoms. The van der Waals surface area contributed by atoms with Crippen molar-refractivity contribution < 1.29 is 13.6 Å². The van der Waals surface area contributed by atoms with Gasteiger partial charge in [-0.2, -0.15) is 0 Å². The van der Waals surface area contributed by atoms with Gasteiger partial charge in [0.05, 0.1) is 12.3 Å². The summed E-state index contributed by atoms with van der Waals surface area (Å²) >= 11 is 1.56. The molecule has 1 fully saturated rings. The molecule has 1 aliphatic heterocycles. The molecule has 134 valence electrons. The van der Waals surface area contributed by atoms with Crippen molar-refractivity contribution in [3.05, 3.63) is 54.2 Å². The quantitative estimate of drug-likeness (QED) is 0.725. The van der Waals surface area contributed by atoms with Crippen LogP contribution in [0.1, 0.15) is 31.1 Å². The summed E-state index contributed by atoms with van der Waals surface area (Å²) in [7, 11) is 0. The van der Waals surface area contributed by atoms with Crippen LogP contribution in [0.4, 0.5) is 4.39 Å². The number of amides is 1. The summed E-state index contributed by atoms with van der Waals surface area (Å²) < 4.78 is 18.4. The van der Waals surface area contributed by atoms with E-state index in [2.05, 4.69) is 10.2 Å². The maximum atomic E-state index is 12.9. The summed E-state index contributed by atoms with van der Waals surface area (Å²) in [6.07, 6.45) is 4.51. The maximum Gasteiger partial charge on any atom is 0.220 e. The first-order valence-electron chi connectivity index (χ1n) is 8.65. The number of thioether (sulfide) groups is 1. The van der Waals surface area contributed by atoms with Gasteiger partial charge in [0, 0.05) is 23.6 Å². The lowest BCUT2D eigenvalue weighted by Gasteiger charge is -2.26. The van der Waals surface area contributed by atoms with Crippen LogP contribution in [0.25, 0.3) is 0 Å². The van der Waals surface area contributed by atoms with Gasteiger partial charge < -0.3 is 9.73 Å². The molecule has 0 radical (unpaired) electrons. The fourth-order valence-electron chi connectivity index (χ4n) is 3.04. The Morgan fingerprint density at radius 3 is 2.68 bits per heavy atom. The minimum atomic E-state index is -0.243. The predicted octanol–water partition coefficient (Wildman–Crippen LogP) is 3.85. The first kappa shape index (κ1) is 18.0. The zero-order valence-corrected chi connectivity index (χ0v) is 14.9. The molecule has 0 aliphatic carbocycles. The predicted molar refractivity (Wildman–Crippen MR) is 97.0 cm³/mol. The molecule has 1 amide bonds. The number of nitrogens with zero attached hydrogens (tertiary/aromatic N) is 1. The van der Waals surface area contributed by atoms with Crippen molar-refractivity contribution in [3.8, 4) is 0 Å². The molecule has 1 saturated heterocycles. The monoisotopic (exact) mass is 362 g/mol. The normalized spacial score (nSPS) is 16.0. The summed E-state index contributed by atoms with van der Waals surface area (Å²) in [6, 6.07) is 10.3. The van der Waals surface area contributed by atoms with Crippen molar-refractivity contribution in [3.63, 3.8) is 0 Å². The Morgan fingerprint density at radius 2 is 2.00 bits per heavy atom. The van der Waals surface area contributed by atoms with Crippen LogP contribution in [-0.2, 0) is 4.79 Å². The van der Waals surface area contributed by atoms with Crippen molar-refractivity contribution in [1.29, 1.82) is 0 Å². The number of furan rings is 1. The molecule has 2 aromatic rings. The van der Waals surface area contributed by atoms with E-state index in [1.54, 1.807) is 30.2 Å². The molecule has 25 heavy (non-hydrogen) atoms. The summed E-state index contributed by atoms with van der Waals surface area (Å²) in [5.41, 5.74) is 0. The number of hydrogen-bond acceptors (Lipinski definition) is 4. The number of halogens is 1. The largest absolute Gasteiger partial charge is 0.468 e. The number of nitrogens with one attached hydrogen (secondary N) is 1. The number of carbonyl (C=O) groups is 1. The van der Waals surface area contributed by atoms with E-state index in [0.717, 1.165) is 23.7 Å². The molecule has 1 aromatic heterocycles. The van der Waals surface area contributed by atoms with Crippen LogP contribution in [0.5, 0.6) is 0 Å². The van der Waals surface area contributed by atoms with E-state index in [1.165, 1.54) is 25.0 Å². The summed E-state index contributed by atoms with van der Waals surface area (Å²) in [5, 5.41) is 3.03. The minimum absolute atomic E-state index is 0.0327. The van der Waals surface area contributed by atoms with Crippen molar-refractivity contribution in [2.24, 2.45) is 0 Å². The second kappa shape index (κ2) is 9.06. The zero-order valence-electron chi connectivity index (χ0n) is 14.1. The van der Waals surface area contributed by atoms with Gasteiger partial charge in [0.1, 0.15) is 11.6 Å². The highest BCUT2D eigenvalue weighted by Crippen LogP contribution is 2.25. The fraction of sp³-hybridized carbons (Fsp3) is 0.421. The van der Waals surface area contributed by atoms with Crippen LogP contribution in [0.15, 0.2) is 52.0 Å². The Morgan fingerprint density at radius 1 is 1.24 bits per heavy atom. The van der Waals surface area contributed by atoms with Crippen molar-refractivity contribution in [1.82, 2.24) is 10.2 Å². The van der Waals surface area contributed by atoms with Gasteiger partial charge in [-0.05, 0) is 62.3 Å². The standard InChI is InChI=1S/C19H23FN2O2S/c20-15-5-7-16(8-6-15)25-13-9-19(23)21-14-17(18-4-3-12-24-18)22-10-1-2-11-22/h3-8,12,17H,1-2,9-11,13-14H2,(H,21,23)/t17-/m0/s1. The topological polar surface area (TPSA) is 45.5 Å².